The normalized spacial score (nSPS) is 17.5. The van der Waals surface area contributed by atoms with Crippen molar-refractivity contribution in [3.05, 3.63) is 23.8 Å². The Morgan fingerprint density at radius 1 is 1.21 bits per heavy atom. The summed E-state index contributed by atoms with van der Waals surface area (Å²) in [6.07, 6.45) is 5.12. The predicted molar refractivity (Wildman–Crippen MR) is 108 cm³/mol. The van der Waals surface area contributed by atoms with Crippen molar-refractivity contribution in [3.63, 3.8) is 0 Å². The fraction of sp³-hybridized carbons (Fsp3) is 0.611. The maximum atomic E-state index is 5.49. The first kappa shape index (κ1) is 19.1. The van der Waals surface area contributed by atoms with Gasteiger partial charge in [0.25, 0.3) is 0 Å². The molecular formula is C18H28IN3O2. The van der Waals surface area contributed by atoms with Gasteiger partial charge in [0.05, 0.1) is 0 Å². The van der Waals surface area contributed by atoms with Gasteiger partial charge in [-0.15, -0.1) is 24.0 Å². The molecule has 6 heteroatoms. The average molecular weight is 445 g/mol. The van der Waals surface area contributed by atoms with E-state index < -0.39 is 0 Å². The standard InChI is InChI=1S/C18H27N3O2.HI/c1-18(2,13-8-9-15-16(10-13)23-12-22-15)11-20-17(19-3)21-14-6-4-5-7-14;/h8-10,14H,4-7,11-12H2,1-3H3,(H2,19,20,21);1H. The van der Waals surface area contributed by atoms with E-state index in [-0.39, 0.29) is 29.4 Å². The largest absolute Gasteiger partial charge is 0.454 e. The number of nitrogens with zero attached hydrogens (tertiary/aromatic N) is 1. The van der Waals surface area contributed by atoms with Crippen molar-refractivity contribution in [2.45, 2.75) is 51.0 Å². The highest BCUT2D eigenvalue weighted by molar-refractivity contribution is 14.0. The number of guanidine groups is 1. The highest BCUT2D eigenvalue weighted by Gasteiger charge is 2.25. The smallest absolute Gasteiger partial charge is 0.231 e. The summed E-state index contributed by atoms with van der Waals surface area (Å²) < 4.78 is 10.9. The summed E-state index contributed by atoms with van der Waals surface area (Å²) in [5.41, 5.74) is 1.19. The molecule has 0 aromatic heterocycles. The lowest BCUT2D eigenvalue weighted by atomic mass is 9.84. The van der Waals surface area contributed by atoms with Gasteiger partial charge in [0.15, 0.2) is 17.5 Å². The Morgan fingerprint density at radius 3 is 2.62 bits per heavy atom. The quantitative estimate of drug-likeness (QED) is 0.424. The Kier molecular flexibility index (Phi) is 6.60. The van der Waals surface area contributed by atoms with E-state index in [4.69, 9.17) is 9.47 Å². The van der Waals surface area contributed by atoms with Crippen LogP contribution in [0.4, 0.5) is 0 Å². The Labute approximate surface area is 161 Å². The molecule has 1 fully saturated rings. The molecule has 0 radical (unpaired) electrons. The van der Waals surface area contributed by atoms with E-state index in [1.54, 1.807) is 0 Å². The van der Waals surface area contributed by atoms with Crippen molar-refractivity contribution in [2.75, 3.05) is 20.4 Å². The van der Waals surface area contributed by atoms with E-state index >= 15 is 0 Å². The molecule has 1 aliphatic carbocycles. The first-order valence-electron chi connectivity index (χ1n) is 8.46. The molecule has 1 saturated carbocycles. The van der Waals surface area contributed by atoms with Crippen LogP contribution >= 0.6 is 24.0 Å². The molecule has 1 aromatic rings. The zero-order valence-corrected chi connectivity index (χ0v) is 17.1. The molecular weight excluding hydrogens is 417 g/mol. The van der Waals surface area contributed by atoms with Crippen LogP contribution in [-0.4, -0.2) is 32.4 Å². The van der Waals surface area contributed by atoms with Gasteiger partial charge in [0.2, 0.25) is 6.79 Å². The molecule has 0 bridgehead atoms. The van der Waals surface area contributed by atoms with Crippen LogP contribution in [-0.2, 0) is 5.41 Å². The Balaban J connectivity index is 0.00000208. The van der Waals surface area contributed by atoms with Crippen LogP contribution in [0, 0.1) is 0 Å². The van der Waals surface area contributed by atoms with Crippen LogP contribution in [0.5, 0.6) is 11.5 Å². The van der Waals surface area contributed by atoms with Crippen molar-refractivity contribution in [2.24, 2.45) is 4.99 Å². The van der Waals surface area contributed by atoms with E-state index in [1.165, 1.54) is 31.2 Å². The number of nitrogens with one attached hydrogen (secondary N) is 2. The van der Waals surface area contributed by atoms with Gasteiger partial charge >= 0.3 is 0 Å². The van der Waals surface area contributed by atoms with E-state index in [2.05, 4.69) is 41.6 Å². The van der Waals surface area contributed by atoms with Crippen molar-refractivity contribution >= 4 is 29.9 Å². The van der Waals surface area contributed by atoms with Gasteiger partial charge in [-0.1, -0.05) is 32.8 Å². The van der Waals surface area contributed by atoms with E-state index in [9.17, 15) is 0 Å². The van der Waals surface area contributed by atoms with Crippen LogP contribution in [0.1, 0.15) is 45.1 Å². The fourth-order valence-electron chi connectivity index (χ4n) is 3.18. The third-order valence-corrected chi connectivity index (χ3v) is 4.77. The van der Waals surface area contributed by atoms with Crippen molar-refractivity contribution < 1.29 is 9.47 Å². The van der Waals surface area contributed by atoms with E-state index in [1.807, 2.05) is 13.1 Å². The summed E-state index contributed by atoms with van der Waals surface area (Å²) in [5.74, 6) is 2.56. The lowest BCUT2D eigenvalue weighted by Crippen LogP contribution is -2.46. The van der Waals surface area contributed by atoms with E-state index in [0.29, 0.717) is 12.8 Å². The number of hydrogen-bond acceptors (Lipinski definition) is 3. The van der Waals surface area contributed by atoms with Gasteiger partial charge in [-0.05, 0) is 30.5 Å². The number of ether oxygens (including phenoxy) is 2. The first-order valence-corrected chi connectivity index (χ1v) is 8.46. The number of fused-ring (bicyclic) bond motifs is 1. The van der Waals surface area contributed by atoms with Gasteiger partial charge in [0, 0.05) is 25.0 Å². The summed E-state index contributed by atoms with van der Waals surface area (Å²) in [7, 11) is 1.83. The van der Waals surface area contributed by atoms with Crippen LogP contribution in [0.3, 0.4) is 0 Å². The predicted octanol–water partition coefficient (Wildman–Crippen LogP) is 3.42. The molecule has 1 aromatic carbocycles. The van der Waals surface area contributed by atoms with Gasteiger partial charge in [-0.25, -0.2) is 0 Å². The average Bonchev–Trinajstić information content (AvgIpc) is 3.21. The topological polar surface area (TPSA) is 54.9 Å². The zero-order chi connectivity index (χ0) is 16.3. The Morgan fingerprint density at radius 2 is 1.92 bits per heavy atom. The summed E-state index contributed by atoms with van der Waals surface area (Å²) in [6.45, 7) is 5.56. The van der Waals surface area contributed by atoms with Gasteiger partial charge < -0.3 is 20.1 Å². The molecule has 0 saturated heterocycles. The molecule has 2 aliphatic rings. The number of aliphatic imine (C=N–C) groups is 1. The fourth-order valence-corrected chi connectivity index (χ4v) is 3.18. The highest BCUT2D eigenvalue weighted by Crippen LogP contribution is 2.36. The van der Waals surface area contributed by atoms with Crippen LogP contribution in [0.2, 0.25) is 0 Å². The number of benzene rings is 1. The van der Waals surface area contributed by atoms with E-state index in [0.717, 1.165) is 24.0 Å². The minimum absolute atomic E-state index is 0. The van der Waals surface area contributed by atoms with Crippen LogP contribution < -0.4 is 20.1 Å². The maximum absolute atomic E-state index is 5.49. The molecule has 24 heavy (non-hydrogen) atoms. The Bertz CT molecular complexity index is 584. The molecule has 0 amide bonds. The lowest BCUT2D eigenvalue weighted by molar-refractivity contribution is 0.174. The minimum Gasteiger partial charge on any atom is -0.454 e. The van der Waals surface area contributed by atoms with Crippen molar-refractivity contribution in [1.29, 1.82) is 0 Å². The number of hydrogen-bond donors (Lipinski definition) is 2. The molecule has 0 atom stereocenters. The summed E-state index contributed by atoms with van der Waals surface area (Å²) >= 11 is 0. The maximum Gasteiger partial charge on any atom is 0.231 e. The molecule has 0 spiro atoms. The summed E-state index contributed by atoms with van der Waals surface area (Å²) in [5, 5.41) is 7.00. The van der Waals surface area contributed by atoms with Crippen LogP contribution in [0.25, 0.3) is 0 Å². The van der Waals surface area contributed by atoms with Crippen molar-refractivity contribution in [1.82, 2.24) is 10.6 Å². The van der Waals surface area contributed by atoms with Gasteiger partial charge in [-0.3, -0.25) is 4.99 Å². The number of rotatable bonds is 4. The molecule has 3 rings (SSSR count). The zero-order valence-electron chi connectivity index (χ0n) is 14.7. The second kappa shape index (κ2) is 8.27. The van der Waals surface area contributed by atoms with Gasteiger partial charge in [0.1, 0.15) is 0 Å². The molecule has 5 nitrogen and oxygen atoms in total. The molecule has 0 unspecified atom stereocenters. The molecule has 1 heterocycles. The molecule has 2 N–H and O–H groups in total. The first-order chi connectivity index (χ1) is 11.1. The highest BCUT2D eigenvalue weighted by atomic mass is 127. The SMILES string of the molecule is CN=C(NCC(C)(C)c1ccc2c(c1)OCO2)NC1CCCC1.I. The minimum atomic E-state index is -0.0335. The third kappa shape index (κ3) is 4.46. The Hall–Kier alpha value is -1.18. The third-order valence-electron chi connectivity index (χ3n) is 4.77. The second-order valence-electron chi connectivity index (χ2n) is 7.00. The second-order valence-corrected chi connectivity index (χ2v) is 7.00. The monoisotopic (exact) mass is 445 g/mol. The summed E-state index contributed by atoms with van der Waals surface area (Å²) in [4.78, 5) is 4.36. The van der Waals surface area contributed by atoms with Crippen molar-refractivity contribution in [3.8, 4) is 11.5 Å². The molecule has 1 aliphatic heterocycles. The van der Waals surface area contributed by atoms with Gasteiger partial charge in [-0.2, -0.15) is 0 Å². The summed E-state index contributed by atoms with van der Waals surface area (Å²) in [6, 6.07) is 6.75. The molecule has 134 valence electrons. The van der Waals surface area contributed by atoms with Crippen LogP contribution in [0.15, 0.2) is 23.2 Å². The number of halogens is 1. The lowest BCUT2D eigenvalue weighted by Gasteiger charge is -2.27.